The molecule has 27 heavy (non-hydrogen) atoms. The maximum Gasteiger partial charge on any atom is 0.130 e. The number of hydrogen-bond donors (Lipinski definition) is 1. The zero-order valence-corrected chi connectivity index (χ0v) is 15.8. The first-order valence-electron chi connectivity index (χ1n) is 9.04. The van der Waals surface area contributed by atoms with Crippen LogP contribution in [0.2, 0.25) is 5.02 Å². The summed E-state index contributed by atoms with van der Waals surface area (Å²) in [5.41, 5.74) is 4.14. The van der Waals surface area contributed by atoms with Crippen LogP contribution in [0, 0.1) is 0 Å². The highest BCUT2D eigenvalue weighted by molar-refractivity contribution is 6.31. The number of ketones is 1. The molecule has 4 aromatic rings. The number of carbonyl (C=O) groups excluding carboxylic acids is 1. The summed E-state index contributed by atoms with van der Waals surface area (Å²) >= 11 is 6.42. The average molecular weight is 374 g/mol. The van der Waals surface area contributed by atoms with Gasteiger partial charge in [0.05, 0.1) is 0 Å². The Bertz CT molecular complexity index is 1110. The molecular weight excluding hydrogens is 354 g/mol. The van der Waals surface area contributed by atoms with Crippen LogP contribution in [0.5, 0.6) is 0 Å². The summed E-state index contributed by atoms with van der Waals surface area (Å²) in [7, 11) is 0. The number of aromatic nitrogens is 1. The molecule has 1 atom stereocenters. The number of carbonyl (C=O) groups is 1. The van der Waals surface area contributed by atoms with Gasteiger partial charge in [-0.1, -0.05) is 66.2 Å². The summed E-state index contributed by atoms with van der Waals surface area (Å²) in [6.45, 7) is 1.62. The van der Waals surface area contributed by atoms with Crippen molar-refractivity contribution in [3.05, 3.63) is 95.1 Å². The first-order chi connectivity index (χ1) is 13.1. The molecule has 0 aliphatic heterocycles. The van der Waals surface area contributed by atoms with Gasteiger partial charge in [0.2, 0.25) is 0 Å². The predicted octanol–water partition coefficient (Wildman–Crippen LogP) is 6.60. The zero-order valence-electron chi connectivity index (χ0n) is 15.1. The molecule has 0 radical (unpaired) electrons. The van der Waals surface area contributed by atoms with E-state index in [-0.39, 0.29) is 11.7 Å². The van der Waals surface area contributed by atoms with Gasteiger partial charge in [-0.2, -0.15) is 0 Å². The highest BCUT2D eigenvalue weighted by Gasteiger charge is 2.20. The fraction of sp³-hybridized carbons (Fsp3) is 0.125. The minimum absolute atomic E-state index is 0.0783. The van der Waals surface area contributed by atoms with E-state index in [2.05, 4.69) is 47.4 Å². The van der Waals surface area contributed by atoms with Crippen LogP contribution < -0.4 is 0 Å². The molecule has 0 saturated carbocycles. The molecule has 1 aromatic heterocycles. The Morgan fingerprint density at radius 1 is 0.926 bits per heavy atom. The van der Waals surface area contributed by atoms with Gasteiger partial charge in [-0.05, 0) is 53.1 Å². The zero-order chi connectivity index (χ0) is 18.8. The molecule has 3 aromatic carbocycles. The van der Waals surface area contributed by atoms with Crippen LogP contribution in [-0.4, -0.2) is 10.8 Å². The number of halogens is 1. The van der Waals surface area contributed by atoms with Crippen molar-refractivity contribution in [1.29, 1.82) is 0 Å². The van der Waals surface area contributed by atoms with Gasteiger partial charge < -0.3 is 4.98 Å². The lowest BCUT2D eigenvalue weighted by atomic mass is 9.91. The van der Waals surface area contributed by atoms with Crippen LogP contribution in [0.15, 0.2) is 78.9 Å². The highest BCUT2D eigenvalue weighted by atomic mass is 35.5. The molecule has 0 aliphatic carbocycles. The summed E-state index contributed by atoms with van der Waals surface area (Å²) in [6.07, 6.45) is 0.418. The van der Waals surface area contributed by atoms with Crippen LogP contribution in [0.1, 0.15) is 30.5 Å². The Labute approximate surface area is 163 Å². The summed E-state index contributed by atoms with van der Waals surface area (Å²) < 4.78 is 0. The van der Waals surface area contributed by atoms with Gasteiger partial charge in [-0.3, -0.25) is 4.79 Å². The number of H-pyrrole nitrogens is 1. The lowest BCUT2D eigenvalue weighted by molar-refractivity contribution is -0.117. The average Bonchev–Trinajstić information content (AvgIpc) is 3.16. The van der Waals surface area contributed by atoms with Crippen LogP contribution in [-0.2, 0) is 4.79 Å². The molecule has 0 saturated heterocycles. The molecule has 134 valence electrons. The van der Waals surface area contributed by atoms with Gasteiger partial charge in [-0.25, -0.2) is 0 Å². The van der Waals surface area contributed by atoms with E-state index >= 15 is 0 Å². The lowest BCUT2D eigenvalue weighted by Gasteiger charge is -2.16. The Morgan fingerprint density at radius 2 is 1.67 bits per heavy atom. The smallest absolute Gasteiger partial charge is 0.130 e. The van der Waals surface area contributed by atoms with Crippen molar-refractivity contribution in [2.75, 3.05) is 0 Å². The number of aromatic amines is 1. The van der Waals surface area contributed by atoms with Crippen molar-refractivity contribution < 1.29 is 4.79 Å². The second-order valence-corrected chi connectivity index (χ2v) is 7.28. The fourth-order valence-electron chi connectivity index (χ4n) is 3.57. The quantitative estimate of drug-likeness (QED) is 0.420. The largest absolute Gasteiger partial charge is 0.358 e. The molecule has 3 heteroatoms. The van der Waals surface area contributed by atoms with E-state index < -0.39 is 0 Å². The van der Waals surface area contributed by atoms with Crippen LogP contribution in [0.3, 0.4) is 0 Å². The van der Waals surface area contributed by atoms with E-state index in [0.29, 0.717) is 11.4 Å². The number of fused-ring (bicyclic) bond motifs is 1. The summed E-state index contributed by atoms with van der Waals surface area (Å²) in [5, 5.41) is 3.11. The molecule has 0 fully saturated rings. The van der Waals surface area contributed by atoms with Gasteiger partial charge in [0.1, 0.15) is 5.78 Å². The first kappa shape index (κ1) is 17.6. The Hall–Kier alpha value is -2.84. The van der Waals surface area contributed by atoms with E-state index in [1.165, 1.54) is 10.8 Å². The highest BCUT2D eigenvalue weighted by Crippen LogP contribution is 2.34. The molecule has 0 amide bonds. The number of benzene rings is 3. The van der Waals surface area contributed by atoms with E-state index in [1.54, 1.807) is 6.92 Å². The second kappa shape index (κ2) is 7.42. The van der Waals surface area contributed by atoms with Crippen molar-refractivity contribution in [3.8, 4) is 11.3 Å². The molecule has 1 heterocycles. The van der Waals surface area contributed by atoms with Crippen LogP contribution in [0.25, 0.3) is 22.0 Å². The molecule has 0 spiro atoms. The minimum atomic E-state index is -0.0783. The predicted molar refractivity (Wildman–Crippen MR) is 112 cm³/mol. The topological polar surface area (TPSA) is 32.9 Å². The first-order valence-corrected chi connectivity index (χ1v) is 9.41. The lowest BCUT2D eigenvalue weighted by Crippen LogP contribution is -2.07. The maximum absolute atomic E-state index is 11.9. The normalized spacial score (nSPS) is 12.2. The molecule has 2 nitrogen and oxygen atoms in total. The Balaban J connectivity index is 1.74. The summed E-state index contributed by atoms with van der Waals surface area (Å²) in [6, 6.07) is 26.6. The Kier molecular flexibility index (Phi) is 4.83. The summed E-state index contributed by atoms with van der Waals surface area (Å²) in [4.78, 5) is 15.4. The van der Waals surface area contributed by atoms with Crippen molar-refractivity contribution in [1.82, 2.24) is 4.98 Å². The SMILES string of the molecule is CC(=O)CC(c1ccc(-c2ccc3ccccc3c2)[nH]1)c1ccccc1Cl. The maximum atomic E-state index is 11.9. The molecule has 1 N–H and O–H groups in total. The van der Waals surface area contributed by atoms with Gasteiger partial charge >= 0.3 is 0 Å². The number of rotatable bonds is 5. The van der Waals surface area contributed by atoms with E-state index in [4.69, 9.17) is 11.6 Å². The van der Waals surface area contributed by atoms with E-state index in [1.807, 2.05) is 36.4 Å². The van der Waals surface area contributed by atoms with Gasteiger partial charge in [0, 0.05) is 28.7 Å². The number of nitrogens with one attached hydrogen (secondary N) is 1. The van der Waals surface area contributed by atoms with Crippen LogP contribution >= 0.6 is 11.6 Å². The third-order valence-corrected chi connectivity index (χ3v) is 5.26. The summed E-state index contributed by atoms with van der Waals surface area (Å²) in [5.74, 6) is 0.0622. The third-order valence-electron chi connectivity index (χ3n) is 4.92. The third kappa shape index (κ3) is 3.67. The van der Waals surface area contributed by atoms with E-state index in [0.717, 1.165) is 22.5 Å². The number of hydrogen-bond acceptors (Lipinski definition) is 1. The number of Topliss-reactive ketones (excluding diaryl/α,β-unsaturated/α-hetero) is 1. The molecule has 4 rings (SSSR count). The van der Waals surface area contributed by atoms with Crippen molar-refractivity contribution >= 4 is 28.2 Å². The molecule has 0 aliphatic rings. The molecule has 1 unspecified atom stereocenters. The van der Waals surface area contributed by atoms with Gasteiger partial charge in [0.15, 0.2) is 0 Å². The fourth-order valence-corrected chi connectivity index (χ4v) is 3.84. The Morgan fingerprint density at radius 3 is 2.44 bits per heavy atom. The van der Waals surface area contributed by atoms with Crippen molar-refractivity contribution in [2.24, 2.45) is 0 Å². The van der Waals surface area contributed by atoms with Crippen LogP contribution in [0.4, 0.5) is 0 Å². The van der Waals surface area contributed by atoms with Gasteiger partial charge in [0.25, 0.3) is 0 Å². The van der Waals surface area contributed by atoms with Crippen molar-refractivity contribution in [2.45, 2.75) is 19.3 Å². The van der Waals surface area contributed by atoms with Gasteiger partial charge in [-0.15, -0.1) is 0 Å². The monoisotopic (exact) mass is 373 g/mol. The molecular formula is C24H20ClNO. The standard InChI is InChI=1S/C24H20ClNO/c1-16(27)14-21(20-8-4-5-9-22(20)25)24-13-12-23(26-24)19-11-10-17-6-2-3-7-18(17)15-19/h2-13,15,21,26H,14H2,1H3. The van der Waals surface area contributed by atoms with E-state index in [9.17, 15) is 4.79 Å². The van der Waals surface area contributed by atoms with Crippen molar-refractivity contribution in [3.63, 3.8) is 0 Å². The minimum Gasteiger partial charge on any atom is -0.358 e. The molecule has 0 bridgehead atoms. The second-order valence-electron chi connectivity index (χ2n) is 6.87.